The highest BCUT2D eigenvalue weighted by Crippen LogP contribution is 1.75. The van der Waals surface area contributed by atoms with Gasteiger partial charge in [0.2, 0.25) is 0 Å². The van der Waals surface area contributed by atoms with Crippen molar-refractivity contribution in [2.24, 2.45) is 5.73 Å². The van der Waals surface area contributed by atoms with Crippen LogP contribution in [0.25, 0.3) is 0 Å². The van der Waals surface area contributed by atoms with Crippen LogP contribution in [0.5, 0.6) is 0 Å². The zero-order chi connectivity index (χ0) is 5.54. The van der Waals surface area contributed by atoms with Crippen molar-refractivity contribution in [3.05, 3.63) is 0 Å². The summed E-state index contributed by atoms with van der Waals surface area (Å²) in [5.74, 6) is 0. The zero-order valence-electron chi connectivity index (χ0n) is 3.89. The second-order valence-corrected chi connectivity index (χ2v) is 1.36. The molecule has 3 nitrogen and oxygen atoms in total. The smallest absolute Gasteiger partial charge is 0.330 e. The van der Waals surface area contributed by atoms with E-state index in [-0.39, 0.29) is 0 Å². The lowest BCUT2D eigenvalue weighted by molar-refractivity contribution is -1.27. The monoisotopic (exact) mass is 125 g/mol. The molecular weight excluding hydrogens is 117 g/mol. The largest absolute Gasteiger partial charge is 0.506 e. The van der Waals surface area contributed by atoms with Gasteiger partial charge in [0.25, 0.3) is 0 Å². The Bertz CT molecular complexity index is 32.1. The van der Waals surface area contributed by atoms with Crippen molar-refractivity contribution in [3.63, 3.8) is 0 Å². The predicted molar refractivity (Wildman–Crippen MR) is 19.6 cm³/mol. The molecule has 0 bridgehead atoms. The van der Waals surface area contributed by atoms with Crippen molar-refractivity contribution in [2.45, 2.75) is 6.42 Å². The molecule has 0 aliphatic heterocycles. The van der Waals surface area contributed by atoms with Gasteiger partial charge in [-0.05, 0) is 13.0 Å². The number of hydrogen-bond donors (Lipinski definition) is 1. The van der Waals surface area contributed by atoms with Gasteiger partial charge in [0, 0.05) is 0 Å². The average Bonchev–Trinajstić information content (AvgIpc) is 1.69. The molecule has 0 heterocycles. The Kier molecular flexibility index (Phi) is 6.32. The normalized spacial score (nSPS) is 9.43. The Morgan fingerprint density at radius 2 is 2.43 bits per heavy atom. The van der Waals surface area contributed by atoms with Crippen LogP contribution in [-0.2, 0) is 4.29 Å². The third-order valence-electron chi connectivity index (χ3n) is 0.470. The molecule has 0 rings (SSSR count). The van der Waals surface area contributed by atoms with E-state index < -0.39 is 0 Å². The fraction of sp³-hybridized carbons (Fsp3) is 1.00. The molecule has 4 heteroatoms. The van der Waals surface area contributed by atoms with Gasteiger partial charge in [-0.2, -0.15) is 0 Å². The van der Waals surface area contributed by atoms with Crippen molar-refractivity contribution >= 4 is 0 Å². The number of rotatable bonds is 4. The third-order valence-corrected chi connectivity index (χ3v) is 0.714. The molecule has 0 unspecified atom stereocenters. The minimum Gasteiger partial charge on any atom is -0.506 e. The Balaban J connectivity index is 2.45. The van der Waals surface area contributed by atoms with E-state index in [9.17, 15) is 4.66 Å². The molecule has 0 amide bonds. The topological polar surface area (TPSA) is 58.3 Å². The Hall–Kier alpha value is 0.170. The number of halogens is 1. The van der Waals surface area contributed by atoms with Crippen LogP contribution < -0.4 is 10.4 Å². The van der Waals surface area contributed by atoms with Gasteiger partial charge >= 0.3 is 11.3 Å². The van der Waals surface area contributed by atoms with Crippen LogP contribution >= 0.6 is 0 Å². The fourth-order valence-corrected chi connectivity index (χ4v) is 0.341. The number of hydrogen-bond acceptors (Lipinski definition) is 3. The van der Waals surface area contributed by atoms with E-state index in [0.29, 0.717) is 24.5 Å². The Morgan fingerprint density at radius 1 is 1.71 bits per heavy atom. The summed E-state index contributed by atoms with van der Waals surface area (Å²) in [6.45, 7) is 1.01. The van der Waals surface area contributed by atoms with Gasteiger partial charge < -0.3 is 10.4 Å². The van der Waals surface area contributed by atoms with E-state index in [2.05, 4.69) is 4.29 Å². The molecule has 2 N–H and O–H groups in total. The molecule has 0 saturated heterocycles. The first kappa shape index (κ1) is 7.17. The fourth-order valence-electron chi connectivity index (χ4n) is 0.169. The summed E-state index contributed by atoms with van der Waals surface area (Å²) in [6.07, 6.45) is 0.745. The van der Waals surface area contributed by atoms with E-state index in [4.69, 9.17) is 5.73 Å². The predicted octanol–water partition coefficient (Wildman–Crippen LogP) is -1.37. The highest BCUT2D eigenvalue weighted by Gasteiger charge is 1.88. The third kappa shape index (κ3) is 6.17. The highest BCUT2D eigenvalue weighted by molar-refractivity contribution is 4.29. The molecule has 44 valence electrons. The standard InChI is InChI=1S/C3H8ClNO2/c5-2-1-3-7-4-6/h1-3,5H2. The molecule has 0 saturated carbocycles. The van der Waals surface area contributed by atoms with E-state index in [1.165, 1.54) is 0 Å². The van der Waals surface area contributed by atoms with Crippen LogP contribution in [0.15, 0.2) is 0 Å². The van der Waals surface area contributed by atoms with Crippen LogP contribution in [0.2, 0.25) is 0 Å². The summed E-state index contributed by atoms with van der Waals surface area (Å²) < 4.78 is 13.7. The second-order valence-electron chi connectivity index (χ2n) is 1.02. The number of nitrogens with two attached hydrogens (primary N) is 1. The van der Waals surface area contributed by atoms with Crippen LogP contribution in [0.1, 0.15) is 6.42 Å². The van der Waals surface area contributed by atoms with Crippen LogP contribution in [0.3, 0.4) is 0 Å². The first-order valence-electron chi connectivity index (χ1n) is 2.01. The van der Waals surface area contributed by atoms with Gasteiger partial charge in [-0.3, -0.25) is 0 Å². The SMILES string of the molecule is NCCCO[Cl+][O-]. The summed E-state index contributed by atoms with van der Waals surface area (Å²) in [4.78, 5) is 0. The summed E-state index contributed by atoms with van der Waals surface area (Å²) in [6, 6.07) is 0. The van der Waals surface area contributed by atoms with Crippen LogP contribution in [0, 0.1) is 11.3 Å². The summed E-state index contributed by atoms with van der Waals surface area (Å²) in [5, 5.41) is 0. The molecule has 0 aliphatic carbocycles. The molecule has 0 aliphatic rings. The van der Waals surface area contributed by atoms with Crippen LogP contribution in [0.4, 0.5) is 0 Å². The molecular formula is C3H8ClNO2. The molecule has 0 atom stereocenters. The van der Waals surface area contributed by atoms with Gasteiger partial charge in [-0.1, -0.05) is 0 Å². The molecule has 0 fully saturated rings. The molecule has 0 aromatic rings. The quantitative estimate of drug-likeness (QED) is 0.472. The lowest BCUT2D eigenvalue weighted by Gasteiger charge is -1.85. The summed E-state index contributed by atoms with van der Waals surface area (Å²) in [5.41, 5.74) is 5.07. The van der Waals surface area contributed by atoms with Crippen molar-refractivity contribution in [1.29, 1.82) is 0 Å². The minimum absolute atomic E-state index is 0.438. The second kappa shape index (κ2) is 6.17. The molecule has 7 heavy (non-hydrogen) atoms. The maximum absolute atomic E-state index is 9.40. The lowest BCUT2D eigenvalue weighted by atomic mass is 10.5. The summed E-state index contributed by atoms with van der Waals surface area (Å²) >= 11 is 0.523. The summed E-state index contributed by atoms with van der Waals surface area (Å²) in [7, 11) is 0. The van der Waals surface area contributed by atoms with Crippen molar-refractivity contribution in [2.75, 3.05) is 13.2 Å². The first-order valence-corrected chi connectivity index (χ1v) is 2.62. The van der Waals surface area contributed by atoms with Crippen molar-refractivity contribution in [3.8, 4) is 0 Å². The van der Waals surface area contributed by atoms with Gasteiger partial charge in [-0.25, -0.2) is 0 Å². The Morgan fingerprint density at radius 3 is 2.86 bits per heavy atom. The van der Waals surface area contributed by atoms with Crippen molar-refractivity contribution < 1.29 is 20.3 Å². The average molecular weight is 126 g/mol. The zero-order valence-corrected chi connectivity index (χ0v) is 4.65. The van der Waals surface area contributed by atoms with E-state index in [1.807, 2.05) is 0 Å². The lowest BCUT2D eigenvalue weighted by Crippen LogP contribution is -2.08. The van der Waals surface area contributed by atoms with Gasteiger partial charge in [0.05, 0.1) is 0 Å². The maximum atomic E-state index is 9.40. The first-order chi connectivity index (χ1) is 3.41. The van der Waals surface area contributed by atoms with Gasteiger partial charge in [0.1, 0.15) is 6.61 Å². The highest BCUT2D eigenvalue weighted by atomic mass is 35.6. The molecule has 0 radical (unpaired) electrons. The molecule has 0 aromatic carbocycles. The van der Waals surface area contributed by atoms with Gasteiger partial charge in [-0.15, -0.1) is 4.29 Å². The molecule has 0 spiro atoms. The molecule has 0 aromatic heterocycles. The van der Waals surface area contributed by atoms with E-state index in [0.717, 1.165) is 6.42 Å². The van der Waals surface area contributed by atoms with E-state index >= 15 is 0 Å². The van der Waals surface area contributed by atoms with Crippen molar-refractivity contribution in [1.82, 2.24) is 0 Å². The van der Waals surface area contributed by atoms with Gasteiger partial charge in [0.15, 0.2) is 0 Å². The maximum Gasteiger partial charge on any atom is 0.330 e. The Labute approximate surface area is 46.5 Å². The minimum atomic E-state index is 0.438. The van der Waals surface area contributed by atoms with Crippen LogP contribution in [-0.4, -0.2) is 13.2 Å². The van der Waals surface area contributed by atoms with E-state index in [1.54, 1.807) is 0 Å².